The van der Waals surface area contributed by atoms with E-state index < -0.39 is 5.82 Å². The molecule has 1 fully saturated rings. The molecule has 1 heterocycles. The van der Waals surface area contributed by atoms with Gasteiger partial charge in [-0.1, -0.05) is 12.1 Å². The van der Waals surface area contributed by atoms with Crippen LogP contribution in [0.3, 0.4) is 0 Å². The van der Waals surface area contributed by atoms with E-state index in [0.29, 0.717) is 16.6 Å². The normalized spacial score (nSPS) is 17.3. The van der Waals surface area contributed by atoms with Gasteiger partial charge in [0, 0.05) is 11.0 Å². The van der Waals surface area contributed by atoms with Crippen LogP contribution < -0.4 is 4.74 Å². The smallest absolute Gasteiger partial charge is 0.255 e. The maximum atomic E-state index is 13.5. The van der Waals surface area contributed by atoms with Gasteiger partial charge in [-0.15, -0.1) is 0 Å². The first-order valence-electron chi connectivity index (χ1n) is 7.50. The van der Waals surface area contributed by atoms with Gasteiger partial charge in [0.1, 0.15) is 11.6 Å². The standard InChI is InChI=1S/C18H17BrFNO2/c1-23-14-5-2-4-12(10-14)17-6-3-9-21(17)18(22)15-11-13(20)7-8-16(15)19/h2,4-5,7-8,10-11,17H,3,6,9H2,1H3. The van der Waals surface area contributed by atoms with E-state index in [9.17, 15) is 9.18 Å². The largest absolute Gasteiger partial charge is 0.497 e. The minimum absolute atomic E-state index is 0.00670. The number of carbonyl (C=O) groups excluding carboxylic acids is 1. The third-order valence-electron chi connectivity index (χ3n) is 4.15. The van der Waals surface area contributed by atoms with Crippen LogP contribution in [-0.4, -0.2) is 24.5 Å². The van der Waals surface area contributed by atoms with Crippen molar-refractivity contribution in [1.29, 1.82) is 0 Å². The van der Waals surface area contributed by atoms with Crippen molar-refractivity contribution in [2.45, 2.75) is 18.9 Å². The minimum atomic E-state index is -0.409. The Morgan fingerprint density at radius 1 is 1.30 bits per heavy atom. The highest BCUT2D eigenvalue weighted by molar-refractivity contribution is 9.10. The van der Waals surface area contributed by atoms with Gasteiger partial charge in [-0.25, -0.2) is 4.39 Å². The molecule has 120 valence electrons. The van der Waals surface area contributed by atoms with Crippen molar-refractivity contribution in [2.24, 2.45) is 0 Å². The Morgan fingerprint density at radius 2 is 2.13 bits per heavy atom. The van der Waals surface area contributed by atoms with Gasteiger partial charge in [0.15, 0.2) is 0 Å². The van der Waals surface area contributed by atoms with Crippen molar-refractivity contribution in [2.75, 3.05) is 13.7 Å². The number of carbonyl (C=O) groups is 1. The first kappa shape index (κ1) is 16.0. The van der Waals surface area contributed by atoms with Crippen LogP contribution in [0.2, 0.25) is 0 Å². The van der Waals surface area contributed by atoms with E-state index in [0.717, 1.165) is 24.2 Å². The Kier molecular flexibility index (Phi) is 4.66. The summed E-state index contributed by atoms with van der Waals surface area (Å²) < 4.78 is 19.4. The van der Waals surface area contributed by atoms with E-state index in [-0.39, 0.29) is 11.9 Å². The number of rotatable bonds is 3. The number of hydrogen-bond acceptors (Lipinski definition) is 2. The highest BCUT2D eigenvalue weighted by Crippen LogP contribution is 2.35. The van der Waals surface area contributed by atoms with Gasteiger partial charge >= 0.3 is 0 Å². The van der Waals surface area contributed by atoms with Crippen LogP contribution in [0.15, 0.2) is 46.9 Å². The third-order valence-corrected chi connectivity index (χ3v) is 4.84. The molecule has 1 atom stereocenters. The molecule has 1 unspecified atom stereocenters. The summed E-state index contributed by atoms with van der Waals surface area (Å²) in [5.41, 5.74) is 1.41. The van der Waals surface area contributed by atoms with Crippen molar-refractivity contribution < 1.29 is 13.9 Å². The number of methoxy groups -OCH3 is 1. The monoisotopic (exact) mass is 377 g/mol. The summed E-state index contributed by atoms with van der Waals surface area (Å²) in [6.45, 7) is 0.670. The second kappa shape index (κ2) is 6.71. The van der Waals surface area contributed by atoms with Crippen molar-refractivity contribution in [3.63, 3.8) is 0 Å². The fourth-order valence-corrected chi connectivity index (χ4v) is 3.44. The molecule has 2 aromatic rings. The van der Waals surface area contributed by atoms with Crippen molar-refractivity contribution in [1.82, 2.24) is 4.90 Å². The third kappa shape index (κ3) is 3.24. The van der Waals surface area contributed by atoms with Gasteiger partial charge in [0.05, 0.1) is 18.7 Å². The fourth-order valence-electron chi connectivity index (χ4n) is 3.02. The summed E-state index contributed by atoms with van der Waals surface area (Å²) >= 11 is 3.34. The molecular formula is C18H17BrFNO2. The summed E-state index contributed by atoms with van der Waals surface area (Å²) in [7, 11) is 1.63. The average Bonchev–Trinajstić information content (AvgIpc) is 3.06. The van der Waals surface area contributed by atoms with Crippen LogP contribution in [0.25, 0.3) is 0 Å². The Labute approximate surface area is 143 Å². The minimum Gasteiger partial charge on any atom is -0.497 e. The van der Waals surface area contributed by atoms with E-state index >= 15 is 0 Å². The maximum absolute atomic E-state index is 13.5. The van der Waals surface area contributed by atoms with Crippen LogP contribution in [0.4, 0.5) is 4.39 Å². The quantitative estimate of drug-likeness (QED) is 0.783. The summed E-state index contributed by atoms with van der Waals surface area (Å²) in [4.78, 5) is 14.7. The molecule has 0 spiro atoms. The molecule has 1 aliphatic heterocycles. The Balaban J connectivity index is 1.91. The van der Waals surface area contributed by atoms with Gasteiger partial charge in [0.25, 0.3) is 5.91 Å². The second-order valence-corrected chi connectivity index (χ2v) is 6.41. The van der Waals surface area contributed by atoms with Crippen LogP contribution in [0.1, 0.15) is 34.8 Å². The van der Waals surface area contributed by atoms with Gasteiger partial charge in [0.2, 0.25) is 0 Å². The fraction of sp³-hybridized carbons (Fsp3) is 0.278. The summed E-state index contributed by atoms with van der Waals surface area (Å²) in [6, 6.07) is 11.9. The van der Waals surface area contributed by atoms with Gasteiger partial charge in [-0.05, 0) is 64.7 Å². The van der Waals surface area contributed by atoms with Crippen molar-refractivity contribution in [3.8, 4) is 5.75 Å². The predicted molar refractivity (Wildman–Crippen MR) is 90.1 cm³/mol. The number of amides is 1. The van der Waals surface area contributed by atoms with Gasteiger partial charge in [-0.2, -0.15) is 0 Å². The highest BCUT2D eigenvalue weighted by atomic mass is 79.9. The van der Waals surface area contributed by atoms with Crippen LogP contribution >= 0.6 is 15.9 Å². The van der Waals surface area contributed by atoms with E-state index in [1.165, 1.54) is 12.1 Å². The molecule has 0 N–H and O–H groups in total. The van der Waals surface area contributed by atoms with E-state index in [1.807, 2.05) is 29.2 Å². The molecule has 2 aromatic carbocycles. The second-order valence-electron chi connectivity index (χ2n) is 5.56. The first-order valence-corrected chi connectivity index (χ1v) is 8.29. The Bertz CT molecular complexity index is 735. The SMILES string of the molecule is COc1cccc(C2CCCN2C(=O)c2cc(F)ccc2Br)c1. The lowest BCUT2D eigenvalue weighted by molar-refractivity contribution is 0.0734. The molecule has 3 rings (SSSR count). The van der Waals surface area contributed by atoms with Crippen LogP contribution in [-0.2, 0) is 0 Å². The molecule has 1 saturated heterocycles. The van der Waals surface area contributed by atoms with E-state index in [1.54, 1.807) is 13.2 Å². The molecule has 1 amide bonds. The highest BCUT2D eigenvalue weighted by Gasteiger charge is 2.31. The Hall–Kier alpha value is -1.88. The molecule has 0 radical (unpaired) electrons. The topological polar surface area (TPSA) is 29.5 Å². The number of likely N-dealkylation sites (tertiary alicyclic amines) is 1. The van der Waals surface area contributed by atoms with E-state index in [2.05, 4.69) is 15.9 Å². The zero-order chi connectivity index (χ0) is 16.4. The zero-order valence-electron chi connectivity index (χ0n) is 12.8. The predicted octanol–water partition coefficient (Wildman–Crippen LogP) is 4.57. The lowest BCUT2D eigenvalue weighted by Crippen LogP contribution is -2.30. The molecule has 0 aromatic heterocycles. The lowest BCUT2D eigenvalue weighted by atomic mass is 10.0. The summed E-state index contributed by atoms with van der Waals surface area (Å²) in [5, 5.41) is 0. The number of ether oxygens (including phenoxy) is 1. The number of hydrogen-bond donors (Lipinski definition) is 0. The van der Waals surface area contributed by atoms with Crippen molar-refractivity contribution >= 4 is 21.8 Å². The zero-order valence-corrected chi connectivity index (χ0v) is 14.3. The summed E-state index contributed by atoms with van der Waals surface area (Å²) in [6.07, 6.45) is 1.83. The molecular weight excluding hydrogens is 361 g/mol. The molecule has 0 aliphatic carbocycles. The molecule has 23 heavy (non-hydrogen) atoms. The molecule has 3 nitrogen and oxygen atoms in total. The molecule has 1 aliphatic rings. The number of benzene rings is 2. The number of nitrogens with zero attached hydrogens (tertiary/aromatic N) is 1. The average molecular weight is 378 g/mol. The van der Waals surface area contributed by atoms with Gasteiger partial charge < -0.3 is 9.64 Å². The van der Waals surface area contributed by atoms with Crippen molar-refractivity contribution in [3.05, 3.63) is 63.9 Å². The molecule has 0 saturated carbocycles. The molecule has 0 bridgehead atoms. The maximum Gasteiger partial charge on any atom is 0.255 e. The van der Waals surface area contributed by atoms with Gasteiger partial charge in [-0.3, -0.25) is 4.79 Å². The molecule has 5 heteroatoms. The van der Waals surface area contributed by atoms with Crippen LogP contribution in [0, 0.1) is 5.82 Å². The first-order chi connectivity index (χ1) is 11.1. The lowest BCUT2D eigenvalue weighted by Gasteiger charge is -2.26. The Morgan fingerprint density at radius 3 is 2.91 bits per heavy atom. The van der Waals surface area contributed by atoms with Crippen LogP contribution in [0.5, 0.6) is 5.75 Å². The summed E-state index contributed by atoms with van der Waals surface area (Å²) in [5.74, 6) is 0.212. The number of halogens is 2. The van der Waals surface area contributed by atoms with E-state index in [4.69, 9.17) is 4.74 Å².